The van der Waals surface area contributed by atoms with Gasteiger partial charge in [-0.05, 0) is 154 Å². The van der Waals surface area contributed by atoms with Crippen molar-refractivity contribution in [2.75, 3.05) is 19.6 Å². The lowest BCUT2D eigenvalue weighted by Crippen LogP contribution is -2.63. The van der Waals surface area contributed by atoms with Gasteiger partial charge < -0.3 is 28.8 Å². The van der Waals surface area contributed by atoms with E-state index in [0.717, 1.165) is 129 Å². The Labute approximate surface area is 509 Å². The van der Waals surface area contributed by atoms with Gasteiger partial charge in [-0.3, -0.25) is 0 Å². The summed E-state index contributed by atoms with van der Waals surface area (Å²) in [5.74, 6) is 1.66. The predicted molar refractivity (Wildman–Crippen MR) is 364 cm³/mol. The lowest BCUT2D eigenvalue weighted by atomic mass is 9.31. The van der Waals surface area contributed by atoms with Gasteiger partial charge in [0.15, 0.2) is 0 Å². The van der Waals surface area contributed by atoms with Crippen LogP contribution in [-0.4, -0.2) is 13.4 Å². The highest BCUT2D eigenvalue weighted by molar-refractivity contribution is 8.00. The molecule has 0 bridgehead atoms. The third-order valence-corrected chi connectivity index (χ3v) is 19.1. The Bertz CT molecular complexity index is 4700. The normalized spacial score (nSPS) is 13.0. The molecule has 13 aromatic carbocycles. The Morgan fingerprint density at radius 2 is 0.793 bits per heavy atom. The van der Waals surface area contributed by atoms with Gasteiger partial charge in [-0.1, -0.05) is 193 Å². The van der Waals surface area contributed by atoms with Crippen LogP contribution < -0.4 is 57.1 Å². The average Bonchev–Trinajstić information content (AvgIpc) is 1.00. The molecular weight excluding hydrogens is 1080 g/mol. The maximum atomic E-state index is 8.01. The van der Waals surface area contributed by atoms with Gasteiger partial charge in [0.2, 0.25) is 6.71 Å². The van der Waals surface area contributed by atoms with Crippen molar-refractivity contribution >= 4 is 148 Å². The third kappa shape index (κ3) is 7.79. The quantitative estimate of drug-likeness (QED) is 0.133. The topological polar surface area (TPSA) is 35.3 Å². The van der Waals surface area contributed by atoms with Crippen LogP contribution >= 0.6 is 11.8 Å². The molecule has 0 radical (unpaired) electrons. The van der Waals surface area contributed by atoms with E-state index in [2.05, 4.69) is 323 Å². The zero-order chi connectivity index (χ0) is 57.1. The third-order valence-electron chi connectivity index (χ3n) is 17.9. The number of fused-ring (bicyclic) bond motifs is 11. The molecule has 0 unspecified atom stereocenters. The summed E-state index contributed by atoms with van der Waals surface area (Å²) in [5.41, 5.74) is 24.0. The molecule has 0 saturated carbocycles. The molecule has 0 aliphatic carbocycles. The van der Waals surface area contributed by atoms with Crippen LogP contribution in [0.4, 0.5) is 68.2 Å². The Morgan fingerprint density at radius 3 is 1.36 bits per heavy atom. The molecule has 0 fully saturated rings. The van der Waals surface area contributed by atoms with Crippen LogP contribution in [0.2, 0.25) is 0 Å². The highest BCUT2D eigenvalue weighted by atomic mass is 32.2. The first-order valence-corrected chi connectivity index (χ1v) is 30.5. The summed E-state index contributed by atoms with van der Waals surface area (Å²) >= 11 is 1.86. The second-order valence-electron chi connectivity index (χ2n) is 22.7. The summed E-state index contributed by atoms with van der Waals surface area (Å²) in [5, 5.41) is 2.17. The average molecular weight is 1130 g/mol. The first kappa shape index (κ1) is 49.6. The van der Waals surface area contributed by atoms with E-state index in [0.29, 0.717) is 0 Å². The molecule has 87 heavy (non-hydrogen) atoms. The minimum absolute atomic E-state index is 0.162. The fourth-order valence-electron chi connectivity index (χ4n) is 14.3. The number of hydrogen-bond donors (Lipinski definition) is 0. The Kier molecular flexibility index (Phi) is 11.3. The van der Waals surface area contributed by atoms with Gasteiger partial charge >= 0.3 is 0 Å². The number of nitrogens with zero attached hydrogens (tertiary/aromatic N) is 4. The summed E-state index contributed by atoms with van der Waals surface area (Å²) in [4.78, 5) is 12.0. The predicted octanol–water partition coefficient (Wildman–Crippen LogP) is 17.4. The fraction of sp³-hybridized carbons (Fsp3) is 0. The highest BCUT2D eigenvalue weighted by Crippen LogP contribution is 2.53. The second kappa shape index (κ2) is 19.9. The molecular formula is C78H50B2N4O2S. The summed E-state index contributed by atoms with van der Waals surface area (Å²) in [7, 11) is 0. The van der Waals surface area contributed by atoms with Gasteiger partial charge in [-0.15, -0.1) is 0 Å². The van der Waals surface area contributed by atoms with E-state index in [4.69, 9.17) is 9.15 Å². The standard InChI is InChI=1S/C78H50B2N4O2S/c1-7-25-52(26-8-1)81(53-27-9-2-10-28-53)58-46-68-75-72(48-58)86-77-64(79(75)62-38-20-22-40-66(62)83(68)56-33-15-5-16-34-56)50-65-78(74(77)51-43-44-61-60-37-19-24-42-70(60)85-71(61)45-51)87-73-49-59(82(54-29-11-3-12-30-54)55-31-13-4-14-32-55)47-69-76(73)80(65)63-39-21-23-41-67(63)84(69)57-35-17-6-18-36-57/h1-50H. The summed E-state index contributed by atoms with van der Waals surface area (Å²) < 4.78 is 14.8. The largest absolute Gasteiger partial charge is 0.458 e. The molecule has 18 rings (SSSR count). The van der Waals surface area contributed by atoms with Crippen molar-refractivity contribution in [3.63, 3.8) is 0 Å². The lowest BCUT2D eigenvalue weighted by molar-refractivity contribution is 0.488. The molecule has 0 N–H and O–H groups in total. The summed E-state index contributed by atoms with van der Waals surface area (Å²) in [6, 6.07) is 110. The van der Waals surface area contributed by atoms with Crippen LogP contribution in [0, 0.1) is 0 Å². The SMILES string of the molecule is c1ccc(N(c2ccccc2)c2cc3c4c(c2)N(c2ccccc2)c2ccccc2B4c2cc4c(c(-c5ccc6c(c5)oc5ccccc56)c2O3)Sc2cc(N(c3ccccc3)c3ccccc3)cc3c2B4c2ccccc2N3c2ccccc2)cc1. The van der Waals surface area contributed by atoms with Crippen molar-refractivity contribution in [2.24, 2.45) is 0 Å². The van der Waals surface area contributed by atoms with E-state index in [1.54, 1.807) is 0 Å². The van der Waals surface area contributed by atoms with Crippen molar-refractivity contribution in [1.29, 1.82) is 0 Å². The minimum Gasteiger partial charge on any atom is -0.458 e. The lowest BCUT2D eigenvalue weighted by Gasteiger charge is -2.44. The van der Waals surface area contributed by atoms with Crippen LogP contribution in [0.25, 0.3) is 33.1 Å². The van der Waals surface area contributed by atoms with Crippen molar-refractivity contribution in [2.45, 2.75) is 9.79 Å². The molecule has 6 nitrogen and oxygen atoms in total. The number of para-hydroxylation sites is 9. The molecule has 5 heterocycles. The molecule has 1 aromatic heterocycles. The number of hydrogen-bond acceptors (Lipinski definition) is 7. The van der Waals surface area contributed by atoms with Crippen LogP contribution in [0.1, 0.15) is 0 Å². The van der Waals surface area contributed by atoms with E-state index in [1.807, 2.05) is 11.8 Å². The van der Waals surface area contributed by atoms with E-state index in [9.17, 15) is 0 Å². The van der Waals surface area contributed by atoms with Gasteiger partial charge in [0.1, 0.15) is 22.7 Å². The Balaban J connectivity index is 0.948. The van der Waals surface area contributed by atoms with Crippen LogP contribution in [0.15, 0.2) is 318 Å². The molecule has 0 saturated heterocycles. The first-order chi connectivity index (χ1) is 43.2. The monoisotopic (exact) mass is 1130 g/mol. The number of ether oxygens (including phenoxy) is 1. The Morgan fingerprint density at radius 1 is 0.333 bits per heavy atom. The second-order valence-corrected chi connectivity index (χ2v) is 23.7. The molecule has 14 aromatic rings. The number of furan rings is 1. The van der Waals surface area contributed by atoms with Crippen LogP contribution in [0.5, 0.6) is 11.5 Å². The molecule has 0 atom stereocenters. The Hall–Kier alpha value is -10.9. The summed E-state index contributed by atoms with van der Waals surface area (Å²) in [6.45, 7) is -0.381. The molecule has 406 valence electrons. The maximum Gasteiger partial charge on any atom is 0.256 e. The van der Waals surface area contributed by atoms with Gasteiger partial charge in [-0.2, -0.15) is 0 Å². The molecule has 4 aliphatic heterocycles. The first-order valence-electron chi connectivity index (χ1n) is 29.7. The summed E-state index contributed by atoms with van der Waals surface area (Å²) in [6.07, 6.45) is 0. The number of rotatable bonds is 9. The molecule has 0 amide bonds. The van der Waals surface area contributed by atoms with E-state index in [1.165, 1.54) is 26.7 Å². The highest BCUT2D eigenvalue weighted by Gasteiger charge is 2.48. The number of anilines is 12. The van der Waals surface area contributed by atoms with Crippen molar-refractivity contribution in [1.82, 2.24) is 0 Å². The van der Waals surface area contributed by atoms with Crippen LogP contribution in [-0.2, 0) is 0 Å². The van der Waals surface area contributed by atoms with Gasteiger partial charge in [-0.25, -0.2) is 0 Å². The van der Waals surface area contributed by atoms with Gasteiger partial charge in [0.05, 0.1) is 5.69 Å². The number of benzene rings is 13. The maximum absolute atomic E-state index is 8.01. The molecule has 4 aliphatic rings. The van der Waals surface area contributed by atoms with E-state index in [-0.39, 0.29) is 13.4 Å². The van der Waals surface area contributed by atoms with Crippen LogP contribution in [0.3, 0.4) is 0 Å². The smallest absolute Gasteiger partial charge is 0.256 e. The fourth-order valence-corrected chi connectivity index (χ4v) is 15.6. The van der Waals surface area contributed by atoms with Crippen molar-refractivity contribution in [3.8, 4) is 22.6 Å². The van der Waals surface area contributed by atoms with Crippen molar-refractivity contribution < 1.29 is 9.15 Å². The zero-order valence-electron chi connectivity index (χ0n) is 47.0. The molecule has 0 spiro atoms. The van der Waals surface area contributed by atoms with Crippen molar-refractivity contribution in [3.05, 3.63) is 303 Å². The molecule has 9 heteroatoms. The van der Waals surface area contributed by atoms with Gasteiger partial charge in [0, 0.05) is 94.8 Å². The minimum atomic E-state index is -0.219. The van der Waals surface area contributed by atoms with E-state index >= 15 is 0 Å². The zero-order valence-corrected chi connectivity index (χ0v) is 47.9. The van der Waals surface area contributed by atoms with E-state index < -0.39 is 0 Å². The van der Waals surface area contributed by atoms with Gasteiger partial charge in [0.25, 0.3) is 6.71 Å².